The average Bonchev–Trinajstić information content (AvgIpc) is 3.31. The van der Waals surface area contributed by atoms with Crippen LogP contribution >= 0.6 is 0 Å². The number of hydrogen-bond donors (Lipinski definition) is 1. The molecule has 6 nitrogen and oxygen atoms in total. The summed E-state index contributed by atoms with van der Waals surface area (Å²) in [6.07, 6.45) is 4.07. The Hall–Kier alpha value is -2.41. The van der Waals surface area contributed by atoms with Crippen molar-refractivity contribution in [2.45, 2.75) is 70.7 Å². The summed E-state index contributed by atoms with van der Waals surface area (Å²) in [6, 6.07) is 2.89. The molecule has 1 unspecified atom stereocenters. The second-order valence-corrected chi connectivity index (χ2v) is 8.36. The molecule has 0 radical (unpaired) electrons. The highest BCUT2D eigenvalue weighted by Crippen LogP contribution is 2.36. The first-order valence-corrected chi connectivity index (χ1v) is 11.0. The van der Waals surface area contributed by atoms with Crippen LogP contribution in [0.1, 0.15) is 61.9 Å². The summed E-state index contributed by atoms with van der Waals surface area (Å²) in [4.78, 5) is 29.0. The van der Waals surface area contributed by atoms with Crippen LogP contribution in [0, 0.1) is 5.82 Å². The molecule has 3 atom stereocenters. The second kappa shape index (κ2) is 8.38. The number of nitrogens with zero attached hydrogens (tertiary/aromatic N) is 2. The van der Waals surface area contributed by atoms with Crippen molar-refractivity contribution in [2.75, 3.05) is 13.1 Å². The highest BCUT2D eigenvalue weighted by molar-refractivity contribution is 6.01. The number of benzene rings is 1. The van der Waals surface area contributed by atoms with Gasteiger partial charge in [0.05, 0.1) is 6.54 Å². The van der Waals surface area contributed by atoms with Crippen molar-refractivity contribution in [1.29, 1.82) is 0 Å². The van der Waals surface area contributed by atoms with E-state index < -0.39 is 11.9 Å². The summed E-state index contributed by atoms with van der Waals surface area (Å²) in [5.41, 5.74) is 1.30. The van der Waals surface area contributed by atoms with E-state index in [1.54, 1.807) is 12.1 Å². The number of fused-ring (bicyclic) bond motifs is 1. The molecule has 2 amide bonds. The number of carbonyl (C=O) groups is 2. The van der Waals surface area contributed by atoms with Gasteiger partial charge in [-0.2, -0.15) is 0 Å². The lowest BCUT2D eigenvalue weighted by Gasteiger charge is -2.31. The molecule has 4 rings (SSSR count). The molecule has 0 spiro atoms. The molecule has 1 aromatic rings. The van der Waals surface area contributed by atoms with Crippen molar-refractivity contribution in [3.63, 3.8) is 0 Å². The summed E-state index contributed by atoms with van der Waals surface area (Å²) >= 11 is 0. The molecule has 1 saturated heterocycles. The van der Waals surface area contributed by atoms with Gasteiger partial charge in [0.2, 0.25) is 5.91 Å². The summed E-state index contributed by atoms with van der Waals surface area (Å²) in [5, 5.41) is 2.70. The van der Waals surface area contributed by atoms with Gasteiger partial charge in [-0.25, -0.2) is 4.39 Å². The zero-order valence-electron chi connectivity index (χ0n) is 17.7. The van der Waals surface area contributed by atoms with Crippen molar-refractivity contribution in [1.82, 2.24) is 15.1 Å². The van der Waals surface area contributed by atoms with Crippen LogP contribution in [0.5, 0.6) is 5.75 Å². The molecule has 1 aliphatic carbocycles. The van der Waals surface area contributed by atoms with Gasteiger partial charge in [0.25, 0.3) is 5.91 Å². The van der Waals surface area contributed by atoms with Gasteiger partial charge in [0.15, 0.2) is 11.6 Å². The van der Waals surface area contributed by atoms with Crippen LogP contribution in [-0.2, 0) is 11.3 Å². The summed E-state index contributed by atoms with van der Waals surface area (Å²) in [6.45, 7) is 10.00. The van der Waals surface area contributed by atoms with Crippen LogP contribution < -0.4 is 10.1 Å². The van der Waals surface area contributed by atoms with Crippen molar-refractivity contribution in [3.05, 3.63) is 41.4 Å². The maximum Gasteiger partial charge on any atom is 0.255 e. The number of carbonyl (C=O) groups excluding carboxylic acids is 2. The first-order chi connectivity index (χ1) is 14.4. The van der Waals surface area contributed by atoms with Crippen LogP contribution in [-0.4, -0.2) is 52.9 Å². The Morgan fingerprint density at radius 3 is 2.70 bits per heavy atom. The van der Waals surface area contributed by atoms with Gasteiger partial charge < -0.3 is 15.0 Å². The SMILES string of the molecule is C=C1CCC(N2Cc3c(ccc(O[C@H]4CCC[C@H]4N(CC)CC)c3F)C2=O)C(=O)N1. The summed E-state index contributed by atoms with van der Waals surface area (Å²) in [5.74, 6) is -0.828. The van der Waals surface area contributed by atoms with E-state index in [1.807, 2.05) is 0 Å². The van der Waals surface area contributed by atoms with Crippen molar-refractivity contribution in [3.8, 4) is 5.75 Å². The van der Waals surface area contributed by atoms with Gasteiger partial charge in [-0.05, 0) is 57.3 Å². The Kier molecular flexibility index (Phi) is 5.82. The standard InChI is InChI=1S/C23H30FN3O3/c1-4-26(5-2)17-7-6-8-19(17)30-20-12-10-15-16(21(20)24)13-27(23(15)29)18-11-9-14(3)25-22(18)28/h10,12,17-19H,3-9,11,13H2,1-2H3,(H,25,28)/t17-,18?,19+/m1/s1. The Morgan fingerprint density at radius 1 is 1.23 bits per heavy atom. The van der Waals surface area contributed by atoms with Gasteiger partial charge in [0.1, 0.15) is 12.1 Å². The van der Waals surface area contributed by atoms with E-state index in [0.29, 0.717) is 29.7 Å². The molecule has 2 heterocycles. The van der Waals surface area contributed by atoms with Gasteiger partial charge in [0, 0.05) is 22.9 Å². The highest BCUT2D eigenvalue weighted by atomic mass is 19.1. The topological polar surface area (TPSA) is 61.9 Å². The lowest BCUT2D eigenvalue weighted by atomic mass is 10.0. The third-order valence-corrected chi connectivity index (χ3v) is 6.70. The van der Waals surface area contributed by atoms with Gasteiger partial charge in [-0.1, -0.05) is 20.4 Å². The molecule has 1 saturated carbocycles. The van der Waals surface area contributed by atoms with Gasteiger partial charge in [-0.15, -0.1) is 0 Å². The van der Waals surface area contributed by atoms with E-state index >= 15 is 4.39 Å². The predicted octanol–water partition coefficient (Wildman–Crippen LogP) is 3.22. The monoisotopic (exact) mass is 415 g/mol. The lowest BCUT2D eigenvalue weighted by Crippen LogP contribution is -2.49. The number of hydrogen-bond acceptors (Lipinski definition) is 4. The maximum absolute atomic E-state index is 15.4. The molecule has 30 heavy (non-hydrogen) atoms. The fourth-order valence-electron chi connectivity index (χ4n) is 5.07. The number of amides is 2. The van der Waals surface area contributed by atoms with Crippen LogP contribution in [0.25, 0.3) is 0 Å². The van der Waals surface area contributed by atoms with Gasteiger partial charge >= 0.3 is 0 Å². The Labute approximate surface area is 177 Å². The normalized spacial score (nSPS) is 26.3. The molecular weight excluding hydrogens is 385 g/mol. The maximum atomic E-state index is 15.4. The van der Waals surface area contributed by atoms with E-state index in [9.17, 15) is 9.59 Å². The minimum absolute atomic E-state index is 0.0548. The summed E-state index contributed by atoms with van der Waals surface area (Å²) in [7, 11) is 0. The number of likely N-dealkylation sites (N-methyl/N-ethyl adjacent to an activating group) is 1. The Bertz CT molecular complexity index is 867. The van der Waals surface area contributed by atoms with E-state index in [-0.39, 0.29) is 36.3 Å². The van der Waals surface area contributed by atoms with E-state index in [2.05, 4.69) is 30.6 Å². The van der Waals surface area contributed by atoms with Crippen molar-refractivity contribution in [2.24, 2.45) is 0 Å². The first-order valence-electron chi connectivity index (χ1n) is 11.0. The quantitative estimate of drug-likeness (QED) is 0.775. The second-order valence-electron chi connectivity index (χ2n) is 8.36. The third-order valence-electron chi connectivity index (χ3n) is 6.70. The molecule has 0 aromatic heterocycles. The van der Waals surface area contributed by atoms with Crippen LogP contribution in [0.3, 0.4) is 0 Å². The zero-order chi connectivity index (χ0) is 21.4. The largest absolute Gasteiger partial charge is 0.486 e. The number of ether oxygens (including phenoxy) is 1. The Balaban J connectivity index is 1.53. The van der Waals surface area contributed by atoms with Crippen LogP contribution in [0.2, 0.25) is 0 Å². The van der Waals surface area contributed by atoms with Crippen LogP contribution in [0.15, 0.2) is 24.4 Å². The van der Waals surface area contributed by atoms with Gasteiger partial charge in [-0.3, -0.25) is 14.5 Å². The number of halogens is 1. The van der Waals surface area contributed by atoms with Crippen molar-refractivity contribution < 1.29 is 18.7 Å². The number of rotatable bonds is 6. The molecule has 7 heteroatoms. The number of allylic oxidation sites excluding steroid dienone is 1. The predicted molar refractivity (Wildman–Crippen MR) is 112 cm³/mol. The number of nitrogens with one attached hydrogen (secondary N) is 1. The zero-order valence-corrected chi connectivity index (χ0v) is 17.7. The molecule has 162 valence electrons. The smallest absolute Gasteiger partial charge is 0.255 e. The van der Waals surface area contributed by atoms with E-state index in [4.69, 9.17) is 4.74 Å². The minimum atomic E-state index is -0.596. The molecule has 3 aliphatic rings. The molecule has 0 bridgehead atoms. The third kappa shape index (κ3) is 3.60. The van der Waals surface area contributed by atoms with Crippen LogP contribution in [0.4, 0.5) is 4.39 Å². The average molecular weight is 416 g/mol. The first kappa shape index (κ1) is 20.8. The number of piperidine rings is 1. The minimum Gasteiger partial charge on any atom is -0.486 e. The van der Waals surface area contributed by atoms with E-state index in [0.717, 1.165) is 32.4 Å². The molecule has 2 aliphatic heterocycles. The fourth-order valence-corrected chi connectivity index (χ4v) is 5.07. The molecule has 1 aromatic carbocycles. The molecular formula is C23H30FN3O3. The molecule has 1 N–H and O–H groups in total. The fraction of sp³-hybridized carbons (Fsp3) is 0.565. The van der Waals surface area contributed by atoms with Crippen molar-refractivity contribution >= 4 is 11.8 Å². The lowest BCUT2D eigenvalue weighted by molar-refractivity contribution is -0.126. The summed E-state index contributed by atoms with van der Waals surface area (Å²) < 4.78 is 21.5. The molecule has 2 fully saturated rings. The van der Waals surface area contributed by atoms with E-state index in [1.165, 1.54) is 4.90 Å². The highest BCUT2D eigenvalue weighted by Gasteiger charge is 2.40. The Morgan fingerprint density at radius 2 is 2.00 bits per heavy atom.